The summed E-state index contributed by atoms with van der Waals surface area (Å²) in [6.07, 6.45) is 5.16. The summed E-state index contributed by atoms with van der Waals surface area (Å²) in [5.41, 5.74) is 4.37. The molecule has 0 amide bonds. The Morgan fingerprint density at radius 2 is 1.96 bits per heavy atom. The van der Waals surface area contributed by atoms with E-state index < -0.39 is 0 Å². The number of nitriles is 1. The minimum atomic E-state index is 0.478. The molecule has 1 heterocycles. The average molecular weight is 428 g/mol. The smallest absolute Gasteiger partial charge is 0.136 e. The Kier molecular flexibility index (Phi) is 7.11. The topological polar surface area (TPSA) is 48.7 Å². The van der Waals surface area contributed by atoms with Gasteiger partial charge in [0.2, 0.25) is 0 Å². The van der Waals surface area contributed by atoms with Gasteiger partial charge in [0.25, 0.3) is 0 Å². The molecule has 1 aromatic heterocycles. The van der Waals surface area contributed by atoms with Crippen LogP contribution in [0.5, 0.6) is 0 Å². The van der Waals surface area contributed by atoms with Gasteiger partial charge in [0.05, 0.1) is 15.7 Å². The zero-order chi connectivity index (χ0) is 19.9. The van der Waals surface area contributed by atoms with Crippen LogP contribution in [-0.4, -0.2) is 4.98 Å². The highest BCUT2D eigenvalue weighted by molar-refractivity contribution is 7.11. The molecule has 0 fully saturated rings. The van der Waals surface area contributed by atoms with Crippen molar-refractivity contribution < 1.29 is 0 Å². The molecule has 2 aromatic carbocycles. The van der Waals surface area contributed by atoms with Crippen LogP contribution in [-0.2, 0) is 6.42 Å². The molecule has 0 spiro atoms. The van der Waals surface area contributed by atoms with Gasteiger partial charge in [0.1, 0.15) is 16.6 Å². The van der Waals surface area contributed by atoms with Crippen molar-refractivity contribution in [1.82, 2.24) is 4.98 Å². The van der Waals surface area contributed by atoms with Crippen LogP contribution in [0.2, 0.25) is 10.0 Å². The highest BCUT2D eigenvalue weighted by Crippen LogP contribution is 2.30. The van der Waals surface area contributed by atoms with E-state index in [1.54, 1.807) is 18.3 Å². The van der Waals surface area contributed by atoms with E-state index in [-0.39, 0.29) is 0 Å². The first kappa shape index (κ1) is 20.4. The van der Waals surface area contributed by atoms with Crippen molar-refractivity contribution in [1.29, 1.82) is 5.26 Å². The zero-order valence-corrected chi connectivity index (χ0v) is 17.7. The molecule has 6 heteroatoms. The van der Waals surface area contributed by atoms with E-state index in [4.69, 9.17) is 23.2 Å². The fraction of sp³-hybridized carbons (Fsp3) is 0.182. The first-order chi connectivity index (χ1) is 13.6. The molecule has 3 aromatic rings. The monoisotopic (exact) mass is 427 g/mol. The van der Waals surface area contributed by atoms with Gasteiger partial charge in [-0.05, 0) is 42.7 Å². The van der Waals surface area contributed by atoms with Crippen molar-refractivity contribution in [2.75, 3.05) is 5.32 Å². The maximum Gasteiger partial charge on any atom is 0.136 e. The minimum Gasteiger partial charge on any atom is -0.360 e. The number of thiazole rings is 1. The lowest BCUT2D eigenvalue weighted by Crippen LogP contribution is -1.92. The Balaban J connectivity index is 1.73. The quantitative estimate of drug-likeness (QED) is 0.398. The van der Waals surface area contributed by atoms with Crippen molar-refractivity contribution in [2.24, 2.45) is 0 Å². The van der Waals surface area contributed by atoms with E-state index >= 15 is 0 Å². The van der Waals surface area contributed by atoms with Gasteiger partial charge >= 0.3 is 0 Å². The summed E-state index contributed by atoms with van der Waals surface area (Å²) >= 11 is 13.5. The largest absolute Gasteiger partial charge is 0.360 e. The number of aryl methyl sites for hydroxylation is 1. The van der Waals surface area contributed by atoms with E-state index in [1.165, 1.54) is 29.7 Å². The second kappa shape index (κ2) is 9.75. The maximum atomic E-state index is 9.53. The molecular formula is C22H19Cl2N3S. The maximum absolute atomic E-state index is 9.53. The SMILES string of the molecule is CCCCc1ccc(NC=C(C#N)c2nc(-c3ccc(Cl)c(Cl)c3)cs2)cc1. The van der Waals surface area contributed by atoms with Crippen LogP contribution in [0.4, 0.5) is 5.69 Å². The van der Waals surface area contributed by atoms with Gasteiger partial charge in [0, 0.05) is 22.8 Å². The number of anilines is 1. The summed E-state index contributed by atoms with van der Waals surface area (Å²) in [7, 11) is 0. The number of unbranched alkanes of at least 4 members (excludes halogenated alkanes) is 1. The fourth-order valence-electron chi connectivity index (χ4n) is 2.63. The van der Waals surface area contributed by atoms with Gasteiger partial charge in [-0.1, -0.05) is 54.7 Å². The van der Waals surface area contributed by atoms with E-state index in [1.807, 2.05) is 23.6 Å². The molecule has 3 rings (SSSR count). The van der Waals surface area contributed by atoms with Gasteiger partial charge in [-0.3, -0.25) is 0 Å². The highest BCUT2D eigenvalue weighted by Gasteiger charge is 2.10. The Labute approximate surface area is 179 Å². The molecular weight excluding hydrogens is 409 g/mol. The summed E-state index contributed by atoms with van der Waals surface area (Å²) in [6, 6.07) is 15.9. The molecule has 28 heavy (non-hydrogen) atoms. The van der Waals surface area contributed by atoms with Gasteiger partial charge < -0.3 is 5.32 Å². The molecule has 0 saturated carbocycles. The van der Waals surface area contributed by atoms with Gasteiger partial charge in [0.15, 0.2) is 0 Å². The number of hydrogen-bond acceptors (Lipinski definition) is 4. The standard InChI is InChI=1S/C22H19Cl2N3S/c1-2-3-4-15-5-8-18(9-6-15)26-13-17(12-25)22-27-21(14-28-22)16-7-10-19(23)20(24)11-16/h5-11,13-14,26H,2-4H2,1H3. The number of benzene rings is 2. The molecule has 0 bridgehead atoms. The second-order valence-corrected chi connectivity index (χ2v) is 7.95. The van der Waals surface area contributed by atoms with Gasteiger partial charge in [-0.15, -0.1) is 11.3 Å². The van der Waals surface area contributed by atoms with Crippen LogP contribution in [0.15, 0.2) is 54.0 Å². The number of hydrogen-bond donors (Lipinski definition) is 1. The normalized spacial score (nSPS) is 11.3. The number of halogens is 2. The van der Waals surface area contributed by atoms with Crippen molar-refractivity contribution >= 4 is 45.8 Å². The Morgan fingerprint density at radius 1 is 1.18 bits per heavy atom. The highest BCUT2D eigenvalue weighted by atomic mass is 35.5. The number of nitrogens with one attached hydrogen (secondary N) is 1. The minimum absolute atomic E-state index is 0.478. The van der Waals surface area contributed by atoms with Crippen LogP contribution in [0.1, 0.15) is 30.3 Å². The van der Waals surface area contributed by atoms with Gasteiger partial charge in [-0.25, -0.2) is 4.98 Å². The van der Waals surface area contributed by atoms with Crippen LogP contribution < -0.4 is 5.32 Å². The van der Waals surface area contributed by atoms with Crippen molar-refractivity contribution in [3.05, 3.63) is 74.7 Å². The third-order valence-electron chi connectivity index (χ3n) is 4.23. The zero-order valence-electron chi connectivity index (χ0n) is 15.4. The van der Waals surface area contributed by atoms with Crippen LogP contribution in [0.3, 0.4) is 0 Å². The Hall–Kier alpha value is -2.32. The number of nitrogens with zero attached hydrogens (tertiary/aromatic N) is 2. The van der Waals surface area contributed by atoms with E-state index in [0.717, 1.165) is 23.4 Å². The molecule has 0 unspecified atom stereocenters. The lowest BCUT2D eigenvalue weighted by Gasteiger charge is -2.04. The van der Waals surface area contributed by atoms with E-state index in [0.29, 0.717) is 20.6 Å². The number of allylic oxidation sites excluding steroid dienone is 1. The molecule has 0 radical (unpaired) electrons. The predicted octanol–water partition coefficient (Wildman–Crippen LogP) is 7.44. The summed E-state index contributed by atoms with van der Waals surface area (Å²) in [4.78, 5) is 4.57. The van der Waals surface area contributed by atoms with E-state index in [9.17, 15) is 5.26 Å². The third-order valence-corrected chi connectivity index (χ3v) is 5.84. The summed E-state index contributed by atoms with van der Waals surface area (Å²) in [5, 5.41) is 16.3. The van der Waals surface area contributed by atoms with Crippen LogP contribution in [0, 0.1) is 11.3 Å². The molecule has 0 aliphatic carbocycles. The molecule has 3 nitrogen and oxygen atoms in total. The van der Waals surface area contributed by atoms with E-state index in [2.05, 4.69) is 35.4 Å². The molecule has 0 aliphatic rings. The predicted molar refractivity (Wildman–Crippen MR) is 120 cm³/mol. The molecule has 1 N–H and O–H groups in total. The molecule has 0 saturated heterocycles. The summed E-state index contributed by atoms with van der Waals surface area (Å²) in [5.74, 6) is 0. The van der Waals surface area contributed by atoms with Crippen molar-refractivity contribution in [2.45, 2.75) is 26.2 Å². The Morgan fingerprint density at radius 3 is 2.64 bits per heavy atom. The van der Waals surface area contributed by atoms with Crippen LogP contribution >= 0.6 is 34.5 Å². The van der Waals surface area contributed by atoms with Gasteiger partial charge in [-0.2, -0.15) is 5.26 Å². The lowest BCUT2D eigenvalue weighted by molar-refractivity contribution is 0.795. The third kappa shape index (κ3) is 5.14. The number of rotatable bonds is 7. The molecule has 0 atom stereocenters. The first-order valence-electron chi connectivity index (χ1n) is 8.97. The average Bonchev–Trinajstić information content (AvgIpc) is 3.20. The lowest BCUT2D eigenvalue weighted by atomic mass is 10.1. The summed E-state index contributed by atoms with van der Waals surface area (Å²) in [6.45, 7) is 2.19. The van der Waals surface area contributed by atoms with Crippen molar-refractivity contribution in [3.8, 4) is 17.3 Å². The Bertz CT molecular complexity index is 1020. The fourth-order valence-corrected chi connectivity index (χ4v) is 3.72. The first-order valence-corrected chi connectivity index (χ1v) is 10.6. The molecule has 142 valence electrons. The van der Waals surface area contributed by atoms with Crippen molar-refractivity contribution in [3.63, 3.8) is 0 Å². The van der Waals surface area contributed by atoms with Crippen LogP contribution in [0.25, 0.3) is 16.8 Å². The number of aromatic nitrogens is 1. The molecule has 0 aliphatic heterocycles. The second-order valence-electron chi connectivity index (χ2n) is 6.28. The summed E-state index contributed by atoms with van der Waals surface area (Å²) < 4.78 is 0.